The van der Waals surface area contributed by atoms with E-state index in [1.54, 1.807) is 13.2 Å². The predicted octanol–water partition coefficient (Wildman–Crippen LogP) is 2.73. The lowest BCUT2D eigenvalue weighted by Gasteiger charge is -2.31. The Morgan fingerprint density at radius 3 is 2.59 bits per heavy atom. The maximum Gasteiger partial charge on any atom is 0.120 e. The standard InChI is InChI=1S/C14H23NO2/c1-10-6-7-14(16)13(8-10)12(3)15(4)11(2)9-17-5/h6-8,11-12,16H,9H2,1-5H3. The van der Waals surface area contributed by atoms with Gasteiger partial charge in [-0.15, -0.1) is 0 Å². The van der Waals surface area contributed by atoms with Crippen LogP contribution in [0.25, 0.3) is 0 Å². The lowest BCUT2D eigenvalue weighted by molar-refractivity contribution is 0.0932. The molecule has 1 rings (SSSR count). The van der Waals surface area contributed by atoms with E-state index >= 15 is 0 Å². The summed E-state index contributed by atoms with van der Waals surface area (Å²) in [5.41, 5.74) is 2.13. The summed E-state index contributed by atoms with van der Waals surface area (Å²) >= 11 is 0. The van der Waals surface area contributed by atoms with Gasteiger partial charge in [0.25, 0.3) is 0 Å². The average Bonchev–Trinajstić information content (AvgIpc) is 2.30. The average molecular weight is 237 g/mol. The Hall–Kier alpha value is -1.06. The molecule has 0 radical (unpaired) electrons. The quantitative estimate of drug-likeness (QED) is 0.854. The van der Waals surface area contributed by atoms with E-state index in [2.05, 4.69) is 25.8 Å². The smallest absolute Gasteiger partial charge is 0.120 e. The molecule has 0 aliphatic carbocycles. The molecule has 1 aromatic rings. The number of phenols is 1. The molecule has 3 heteroatoms. The lowest BCUT2D eigenvalue weighted by atomic mass is 10.0. The van der Waals surface area contributed by atoms with Crippen molar-refractivity contribution < 1.29 is 9.84 Å². The number of rotatable bonds is 5. The zero-order valence-corrected chi connectivity index (χ0v) is 11.4. The first kappa shape index (κ1) is 14.0. The number of methoxy groups -OCH3 is 1. The highest BCUT2D eigenvalue weighted by atomic mass is 16.5. The highest BCUT2D eigenvalue weighted by Crippen LogP contribution is 2.29. The summed E-state index contributed by atoms with van der Waals surface area (Å²) < 4.78 is 5.16. The molecule has 1 aromatic carbocycles. The molecule has 0 heterocycles. The Kier molecular flexibility index (Phi) is 4.97. The normalized spacial score (nSPS) is 14.9. The molecule has 17 heavy (non-hydrogen) atoms. The van der Waals surface area contributed by atoms with Crippen LogP contribution in [0.1, 0.15) is 31.0 Å². The third kappa shape index (κ3) is 3.45. The second kappa shape index (κ2) is 6.03. The Morgan fingerprint density at radius 2 is 2.00 bits per heavy atom. The van der Waals surface area contributed by atoms with Gasteiger partial charge in [-0.2, -0.15) is 0 Å². The zero-order chi connectivity index (χ0) is 13.0. The van der Waals surface area contributed by atoms with Crippen molar-refractivity contribution >= 4 is 0 Å². The number of ether oxygens (including phenoxy) is 1. The van der Waals surface area contributed by atoms with Gasteiger partial charge in [0.1, 0.15) is 5.75 Å². The van der Waals surface area contributed by atoms with Crippen molar-refractivity contribution in [3.63, 3.8) is 0 Å². The summed E-state index contributed by atoms with van der Waals surface area (Å²) in [5, 5.41) is 9.91. The molecule has 0 spiro atoms. The monoisotopic (exact) mass is 237 g/mol. The van der Waals surface area contributed by atoms with E-state index in [4.69, 9.17) is 4.74 Å². The number of phenolic OH excluding ortho intramolecular Hbond substituents is 1. The van der Waals surface area contributed by atoms with Crippen molar-refractivity contribution in [3.05, 3.63) is 29.3 Å². The van der Waals surface area contributed by atoms with E-state index < -0.39 is 0 Å². The Bertz CT molecular complexity index is 365. The van der Waals surface area contributed by atoms with Crippen LogP contribution in [-0.4, -0.2) is 36.8 Å². The number of hydrogen-bond donors (Lipinski definition) is 1. The van der Waals surface area contributed by atoms with E-state index in [9.17, 15) is 5.11 Å². The minimum Gasteiger partial charge on any atom is -0.508 e. The Balaban J connectivity index is 2.87. The SMILES string of the molecule is COCC(C)N(C)C(C)c1cc(C)ccc1O. The Morgan fingerprint density at radius 1 is 1.35 bits per heavy atom. The molecule has 0 aliphatic rings. The van der Waals surface area contributed by atoms with Crippen molar-refractivity contribution in [2.75, 3.05) is 20.8 Å². The Labute approximate surface area is 104 Å². The lowest BCUT2D eigenvalue weighted by Crippen LogP contribution is -2.34. The van der Waals surface area contributed by atoms with E-state index in [-0.39, 0.29) is 6.04 Å². The van der Waals surface area contributed by atoms with Crippen LogP contribution >= 0.6 is 0 Å². The van der Waals surface area contributed by atoms with Gasteiger partial charge in [-0.3, -0.25) is 4.90 Å². The maximum absolute atomic E-state index is 9.91. The zero-order valence-electron chi connectivity index (χ0n) is 11.4. The van der Waals surface area contributed by atoms with Crippen molar-refractivity contribution in [1.82, 2.24) is 4.90 Å². The molecule has 0 saturated carbocycles. The molecule has 0 bridgehead atoms. The summed E-state index contributed by atoms with van der Waals surface area (Å²) in [4.78, 5) is 2.21. The maximum atomic E-state index is 9.91. The molecule has 0 amide bonds. The molecule has 2 unspecified atom stereocenters. The molecular formula is C14H23NO2. The van der Waals surface area contributed by atoms with Crippen LogP contribution in [0, 0.1) is 6.92 Å². The van der Waals surface area contributed by atoms with Crippen LogP contribution < -0.4 is 0 Å². The van der Waals surface area contributed by atoms with Gasteiger partial charge in [-0.1, -0.05) is 17.7 Å². The van der Waals surface area contributed by atoms with Gasteiger partial charge in [-0.05, 0) is 33.9 Å². The van der Waals surface area contributed by atoms with E-state index in [0.717, 1.165) is 11.1 Å². The van der Waals surface area contributed by atoms with Crippen molar-refractivity contribution in [3.8, 4) is 5.75 Å². The largest absolute Gasteiger partial charge is 0.508 e. The molecule has 0 saturated heterocycles. The van der Waals surface area contributed by atoms with Crippen LogP contribution in [-0.2, 0) is 4.74 Å². The van der Waals surface area contributed by atoms with E-state index in [0.29, 0.717) is 18.4 Å². The first-order chi connectivity index (χ1) is 7.97. The van der Waals surface area contributed by atoms with Gasteiger partial charge in [0.05, 0.1) is 6.61 Å². The molecule has 3 nitrogen and oxygen atoms in total. The summed E-state index contributed by atoms with van der Waals surface area (Å²) in [6.45, 7) is 6.94. The topological polar surface area (TPSA) is 32.7 Å². The molecular weight excluding hydrogens is 214 g/mol. The summed E-state index contributed by atoms with van der Waals surface area (Å²) in [7, 11) is 3.76. The van der Waals surface area contributed by atoms with Crippen LogP contribution in [0.3, 0.4) is 0 Å². The second-order valence-corrected chi connectivity index (χ2v) is 4.71. The molecule has 1 N–H and O–H groups in total. The van der Waals surface area contributed by atoms with E-state index in [1.165, 1.54) is 0 Å². The second-order valence-electron chi connectivity index (χ2n) is 4.71. The fourth-order valence-electron chi connectivity index (χ4n) is 1.97. The van der Waals surface area contributed by atoms with Gasteiger partial charge >= 0.3 is 0 Å². The number of benzene rings is 1. The van der Waals surface area contributed by atoms with E-state index in [1.807, 2.05) is 19.1 Å². The number of hydrogen-bond acceptors (Lipinski definition) is 3. The molecule has 0 aromatic heterocycles. The van der Waals surface area contributed by atoms with Gasteiger partial charge in [0.15, 0.2) is 0 Å². The minimum atomic E-state index is 0.167. The minimum absolute atomic E-state index is 0.167. The van der Waals surface area contributed by atoms with Crippen LogP contribution in [0.2, 0.25) is 0 Å². The number of aromatic hydroxyl groups is 1. The molecule has 2 atom stereocenters. The summed E-state index contributed by atoms with van der Waals surface area (Å²) in [6, 6.07) is 6.20. The predicted molar refractivity (Wildman–Crippen MR) is 70.4 cm³/mol. The first-order valence-corrected chi connectivity index (χ1v) is 5.97. The van der Waals surface area contributed by atoms with Gasteiger partial charge in [-0.25, -0.2) is 0 Å². The molecule has 0 aliphatic heterocycles. The van der Waals surface area contributed by atoms with Crippen LogP contribution in [0.15, 0.2) is 18.2 Å². The van der Waals surface area contributed by atoms with Gasteiger partial charge < -0.3 is 9.84 Å². The third-order valence-electron chi connectivity index (χ3n) is 3.35. The van der Waals surface area contributed by atoms with Crippen molar-refractivity contribution in [2.45, 2.75) is 32.9 Å². The van der Waals surface area contributed by atoms with Gasteiger partial charge in [0.2, 0.25) is 0 Å². The fourth-order valence-corrected chi connectivity index (χ4v) is 1.97. The number of aryl methyl sites for hydroxylation is 1. The molecule has 96 valence electrons. The van der Waals surface area contributed by atoms with Crippen molar-refractivity contribution in [2.24, 2.45) is 0 Å². The third-order valence-corrected chi connectivity index (χ3v) is 3.35. The number of likely N-dealkylation sites (N-methyl/N-ethyl adjacent to an activating group) is 1. The number of nitrogens with zero attached hydrogens (tertiary/aromatic N) is 1. The van der Waals surface area contributed by atoms with Crippen LogP contribution in [0.4, 0.5) is 0 Å². The van der Waals surface area contributed by atoms with Crippen LogP contribution in [0.5, 0.6) is 5.75 Å². The first-order valence-electron chi connectivity index (χ1n) is 5.97. The highest BCUT2D eigenvalue weighted by Gasteiger charge is 2.19. The van der Waals surface area contributed by atoms with Crippen molar-refractivity contribution in [1.29, 1.82) is 0 Å². The summed E-state index contributed by atoms with van der Waals surface area (Å²) in [6.07, 6.45) is 0. The fraction of sp³-hybridized carbons (Fsp3) is 0.571. The highest BCUT2D eigenvalue weighted by molar-refractivity contribution is 5.37. The molecule has 0 fully saturated rings. The summed E-state index contributed by atoms with van der Waals surface area (Å²) in [5.74, 6) is 0.361. The van der Waals surface area contributed by atoms with Gasteiger partial charge in [0, 0.05) is 24.8 Å².